The van der Waals surface area contributed by atoms with Crippen LogP contribution in [0.5, 0.6) is 5.75 Å². The maximum absolute atomic E-state index is 11.7. The Kier molecular flexibility index (Phi) is 4.81. The number of phenolic OH excluding ortho intramolecular Hbond substituents is 1. The molecule has 2 N–H and O–H groups in total. The van der Waals surface area contributed by atoms with Crippen LogP contribution in [0.25, 0.3) is 0 Å². The van der Waals surface area contributed by atoms with E-state index in [1.165, 1.54) is 24.4 Å². The third kappa shape index (κ3) is 4.14. The quantitative estimate of drug-likeness (QED) is 0.500. The first-order valence-corrected chi connectivity index (χ1v) is 6.39. The summed E-state index contributed by atoms with van der Waals surface area (Å²) in [4.78, 5) is 21.7. The van der Waals surface area contributed by atoms with E-state index in [-0.39, 0.29) is 12.3 Å². The normalized spacial score (nSPS) is 10.5. The number of hydrogen-bond acceptors (Lipinski definition) is 5. The van der Waals surface area contributed by atoms with Crippen LogP contribution in [0.3, 0.4) is 0 Å². The Bertz CT molecular complexity index is 714. The van der Waals surface area contributed by atoms with Gasteiger partial charge in [0.1, 0.15) is 0 Å². The molecule has 0 unspecified atom stereocenters. The molecular weight excluding hydrogens is 286 g/mol. The number of nitro groups is 1. The minimum atomic E-state index is -0.694. The van der Waals surface area contributed by atoms with E-state index in [1.807, 2.05) is 30.3 Å². The fourth-order valence-electron chi connectivity index (χ4n) is 1.77. The van der Waals surface area contributed by atoms with Crippen LogP contribution in [-0.2, 0) is 11.2 Å². The molecule has 0 saturated heterocycles. The lowest BCUT2D eigenvalue weighted by molar-refractivity contribution is -0.385. The topological polar surface area (TPSA) is 105 Å². The summed E-state index contributed by atoms with van der Waals surface area (Å²) in [6, 6.07) is 13.0. The molecule has 0 atom stereocenters. The van der Waals surface area contributed by atoms with Crippen LogP contribution >= 0.6 is 0 Å². The van der Waals surface area contributed by atoms with Crippen LogP contribution in [0.4, 0.5) is 5.69 Å². The van der Waals surface area contributed by atoms with E-state index < -0.39 is 16.4 Å². The lowest BCUT2D eigenvalue weighted by Gasteiger charge is -2.00. The van der Waals surface area contributed by atoms with Gasteiger partial charge in [0.05, 0.1) is 17.6 Å². The van der Waals surface area contributed by atoms with Crippen molar-refractivity contribution in [1.29, 1.82) is 0 Å². The molecule has 0 radical (unpaired) electrons. The minimum Gasteiger partial charge on any atom is -0.502 e. The Morgan fingerprint density at radius 1 is 1.27 bits per heavy atom. The zero-order chi connectivity index (χ0) is 15.9. The third-order valence-electron chi connectivity index (χ3n) is 2.81. The average molecular weight is 299 g/mol. The molecule has 7 nitrogen and oxygen atoms in total. The summed E-state index contributed by atoms with van der Waals surface area (Å²) in [5.74, 6) is -0.717. The molecule has 22 heavy (non-hydrogen) atoms. The van der Waals surface area contributed by atoms with Gasteiger partial charge in [-0.25, -0.2) is 5.43 Å². The number of nitrogens with zero attached hydrogens (tertiary/aromatic N) is 2. The highest BCUT2D eigenvalue weighted by Gasteiger charge is 2.12. The number of aromatic hydroxyl groups is 1. The molecule has 0 saturated carbocycles. The second kappa shape index (κ2) is 6.98. The Balaban J connectivity index is 1.96. The Morgan fingerprint density at radius 2 is 2.00 bits per heavy atom. The summed E-state index contributed by atoms with van der Waals surface area (Å²) in [6.07, 6.45) is 1.46. The zero-order valence-corrected chi connectivity index (χ0v) is 11.5. The predicted octanol–water partition coefficient (Wildman–Crippen LogP) is 1.99. The van der Waals surface area contributed by atoms with Crippen molar-refractivity contribution in [2.45, 2.75) is 6.42 Å². The first-order valence-electron chi connectivity index (χ1n) is 6.39. The van der Waals surface area contributed by atoms with E-state index in [0.29, 0.717) is 5.56 Å². The Labute approximate surface area is 126 Å². The van der Waals surface area contributed by atoms with Crippen LogP contribution < -0.4 is 5.43 Å². The van der Waals surface area contributed by atoms with Crippen molar-refractivity contribution in [3.63, 3.8) is 0 Å². The van der Waals surface area contributed by atoms with E-state index >= 15 is 0 Å². The highest BCUT2D eigenvalue weighted by Crippen LogP contribution is 2.25. The molecule has 112 valence electrons. The number of hydrogen-bond donors (Lipinski definition) is 2. The first-order chi connectivity index (χ1) is 10.6. The van der Waals surface area contributed by atoms with Crippen molar-refractivity contribution in [2.75, 3.05) is 0 Å². The summed E-state index contributed by atoms with van der Waals surface area (Å²) in [7, 11) is 0. The SMILES string of the molecule is O=C(Cc1ccccc1)N/N=C/c1ccc(O)c([N+](=O)[O-])c1. The molecule has 0 spiro atoms. The Morgan fingerprint density at radius 3 is 2.68 bits per heavy atom. The van der Waals surface area contributed by atoms with Gasteiger partial charge in [-0.3, -0.25) is 14.9 Å². The standard InChI is InChI=1S/C15H13N3O4/c19-14-7-6-12(8-13(14)18(21)22)10-16-17-15(20)9-11-4-2-1-3-5-11/h1-8,10,19H,9H2,(H,17,20)/b16-10+. The summed E-state index contributed by atoms with van der Waals surface area (Å²) < 4.78 is 0. The maximum atomic E-state index is 11.7. The number of carbonyl (C=O) groups excluding carboxylic acids is 1. The van der Waals surface area contributed by atoms with Gasteiger partial charge in [0.15, 0.2) is 5.75 Å². The predicted molar refractivity (Wildman–Crippen MR) is 80.6 cm³/mol. The molecule has 0 aliphatic carbocycles. The van der Waals surface area contributed by atoms with Crippen molar-refractivity contribution >= 4 is 17.8 Å². The van der Waals surface area contributed by atoms with Gasteiger partial charge in [-0.15, -0.1) is 0 Å². The molecule has 0 heterocycles. The fourth-order valence-corrected chi connectivity index (χ4v) is 1.77. The van der Waals surface area contributed by atoms with Crippen molar-refractivity contribution < 1.29 is 14.8 Å². The van der Waals surface area contributed by atoms with Gasteiger partial charge in [-0.05, 0) is 17.7 Å². The molecule has 2 aromatic carbocycles. The van der Waals surface area contributed by atoms with Gasteiger partial charge in [0.2, 0.25) is 5.91 Å². The number of nitro benzene ring substituents is 1. The summed E-state index contributed by atoms with van der Waals surface area (Å²) in [5.41, 5.74) is 3.17. The second-order valence-electron chi connectivity index (χ2n) is 4.46. The summed E-state index contributed by atoms with van der Waals surface area (Å²) in [6.45, 7) is 0. The number of hydrazone groups is 1. The molecule has 0 aliphatic heterocycles. The molecular formula is C15H13N3O4. The van der Waals surface area contributed by atoms with E-state index in [0.717, 1.165) is 5.56 Å². The third-order valence-corrected chi connectivity index (χ3v) is 2.81. The summed E-state index contributed by atoms with van der Waals surface area (Å²) in [5, 5.41) is 23.8. The van der Waals surface area contributed by atoms with Gasteiger partial charge >= 0.3 is 5.69 Å². The zero-order valence-electron chi connectivity index (χ0n) is 11.5. The van der Waals surface area contributed by atoms with Gasteiger partial charge < -0.3 is 5.11 Å². The highest BCUT2D eigenvalue weighted by atomic mass is 16.6. The number of carbonyl (C=O) groups is 1. The van der Waals surface area contributed by atoms with Crippen LogP contribution in [-0.4, -0.2) is 22.2 Å². The van der Waals surface area contributed by atoms with E-state index in [1.54, 1.807) is 0 Å². The summed E-state index contributed by atoms with van der Waals surface area (Å²) >= 11 is 0. The molecule has 0 fully saturated rings. The molecule has 1 amide bonds. The molecule has 0 bridgehead atoms. The number of amides is 1. The number of phenols is 1. The molecule has 0 aromatic heterocycles. The van der Waals surface area contributed by atoms with Crippen LogP contribution in [0.1, 0.15) is 11.1 Å². The van der Waals surface area contributed by atoms with Crippen LogP contribution in [0.15, 0.2) is 53.6 Å². The first kappa shape index (κ1) is 15.2. The fraction of sp³-hybridized carbons (Fsp3) is 0.0667. The van der Waals surface area contributed by atoms with Crippen molar-refractivity contribution in [3.05, 3.63) is 69.8 Å². The van der Waals surface area contributed by atoms with E-state index in [9.17, 15) is 20.0 Å². The minimum absolute atomic E-state index is 0.188. The molecule has 2 rings (SSSR count). The van der Waals surface area contributed by atoms with Crippen molar-refractivity contribution in [2.24, 2.45) is 5.10 Å². The maximum Gasteiger partial charge on any atom is 0.311 e. The van der Waals surface area contributed by atoms with Gasteiger partial charge in [0, 0.05) is 11.6 Å². The van der Waals surface area contributed by atoms with Crippen molar-refractivity contribution in [3.8, 4) is 5.75 Å². The highest BCUT2D eigenvalue weighted by molar-refractivity contribution is 5.84. The van der Waals surface area contributed by atoms with Crippen molar-refractivity contribution in [1.82, 2.24) is 5.43 Å². The number of benzene rings is 2. The largest absolute Gasteiger partial charge is 0.502 e. The molecule has 7 heteroatoms. The van der Waals surface area contributed by atoms with E-state index in [4.69, 9.17) is 0 Å². The van der Waals surface area contributed by atoms with Gasteiger partial charge in [0.25, 0.3) is 0 Å². The Hall–Kier alpha value is -3.22. The monoisotopic (exact) mass is 299 g/mol. The average Bonchev–Trinajstić information content (AvgIpc) is 2.49. The van der Waals surface area contributed by atoms with Gasteiger partial charge in [-0.2, -0.15) is 5.10 Å². The smallest absolute Gasteiger partial charge is 0.311 e. The number of rotatable bonds is 5. The lowest BCUT2D eigenvalue weighted by atomic mass is 10.1. The van der Waals surface area contributed by atoms with Crippen LogP contribution in [0, 0.1) is 10.1 Å². The van der Waals surface area contributed by atoms with Gasteiger partial charge in [-0.1, -0.05) is 30.3 Å². The molecule has 0 aliphatic rings. The van der Waals surface area contributed by atoms with Crippen LogP contribution in [0.2, 0.25) is 0 Å². The number of nitrogens with one attached hydrogen (secondary N) is 1. The lowest BCUT2D eigenvalue weighted by Crippen LogP contribution is -2.19. The molecule has 2 aromatic rings. The second-order valence-corrected chi connectivity index (χ2v) is 4.46. The van der Waals surface area contributed by atoms with E-state index in [2.05, 4.69) is 10.5 Å².